The van der Waals surface area contributed by atoms with Gasteiger partial charge < -0.3 is 14.7 Å². The molecule has 2 aliphatic rings. The van der Waals surface area contributed by atoms with E-state index in [0.717, 1.165) is 4.47 Å². The van der Waals surface area contributed by atoms with Gasteiger partial charge in [-0.3, -0.25) is 14.5 Å². The van der Waals surface area contributed by atoms with Gasteiger partial charge in [0.15, 0.2) is 5.17 Å². The predicted octanol–water partition coefficient (Wildman–Crippen LogP) is 3.86. The maximum atomic E-state index is 12.7. The van der Waals surface area contributed by atoms with Gasteiger partial charge in [0.05, 0.1) is 23.8 Å². The third kappa shape index (κ3) is 4.84. The van der Waals surface area contributed by atoms with Crippen LogP contribution in [0, 0.1) is 0 Å². The smallest absolute Gasteiger partial charge is 0.266 e. The summed E-state index contributed by atoms with van der Waals surface area (Å²) in [6.07, 6.45) is 1.64. The number of rotatable bonds is 3. The van der Waals surface area contributed by atoms with Gasteiger partial charge in [-0.1, -0.05) is 22.0 Å². The molecule has 0 atom stereocenters. The van der Waals surface area contributed by atoms with Gasteiger partial charge in [0.1, 0.15) is 5.75 Å². The average molecular weight is 502 g/mol. The molecule has 1 N–H and O–H groups in total. The molecule has 0 saturated carbocycles. The molecular weight excluding hydrogens is 482 g/mol. The number of ether oxygens (including phenoxy) is 1. The van der Waals surface area contributed by atoms with Crippen LogP contribution >= 0.6 is 27.7 Å². The van der Waals surface area contributed by atoms with Crippen LogP contribution in [-0.2, 0) is 9.53 Å². The minimum atomic E-state index is -0.205. The lowest BCUT2D eigenvalue weighted by atomic mass is 10.1. The number of benzene rings is 2. The minimum Gasteiger partial charge on any atom is -0.507 e. The van der Waals surface area contributed by atoms with Gasteiger partial charge in [0.2, 0.25) is 0 Å². The summed E-state index contributed by atoms with van der Waals surface area (Å²) in [7, 11) is 1.65. The van der Waals surface area contributed by atoms with Crippen LogP contribution in [0.15, 0.2) is 56.8 Å². The van der Waals surface area contributed by atoms with Crippen LogP contribution in [0.25, 0.3) is 6.08 Å². The van der Waals surface area contributed by atoms with Crippen molar-refractivity contribution >= 4 is 56.4 Å². The molecule has 4 rings (SSSR count). The first-order chi connectivity index (χ1) is 14.9. The topological polar surface area (TPSA) is 82.4 Å². The zero-order valence-corrected chi connectivity index (χ0v) is 19.1. The highest BCUT2D eigenvalue weighted by Gasteiger charge is 2.30. The minimum absolute atomic E-state index is 0.0560. The monoisotopic (exact) mass is 501 g/mol. The number of aromatic hydroxyl groups is 1. The number of carbonyl (C=O) groups is 2. The Bertz CT molecular complexity index is 1100. The Hall–Kier alpha value is -2.62. The second-order valence-corrected chi connectivity index (χ2v) is 8.95. The summed E-state index contributed by atoms with van der Waals surface area (Å²) in [5.41, 5.74) is 1.68. The molecule has 2 aromatic carbocycles. The lowest BCUT2D eigenvalue weighted by Crippen LogP contribution is -2.40. The number of morpholine rings is 1. The van der Waals surface area contributed by atoms with E-state index in [0.29, 0.717) is 53.2 Å². The first-order valence-corrected chi connectivity index (χ1v) is 11.3. The maximum absolute atomic E-state index is 12.7. The van der Waals surface area contributed by atoms with Crippen LogP contribution in [0.1, 0.15) is 15.9 Å². The third-order valence-electron chi connectivity index (χ3n) is 4.90. The number of carbonyl (C=O) groups excluding carboxylic acids is 2. The molecule has 2 aromatic rings. The zero-order valence-electron chi connectivity index (χ0n) is 16.7. The number of nitrogens with zero attached hydrogens (tertiary/aromatic N) is 3. The average Bonchev–Trinajstić information content (AvgIpc) is 3.04. The Labute approximate surface area is 192 Å². The molecule has 9 heteroatoms. The van der Waals surface area contributed by atoms with Crippen LogP contribution in [0.3, 0.4) is 0 Å². The molecule has 7 nitrogen and oxygen atoms in total. The first kappa shape index (κ1) is 21.6. The highest BCUT2D eigenvalue weighted by Crippen LogP contribution is 2.35. The van der Waals surface area contributed by atoms with E-state index < -0.39 is 0 Å². The summed E-state index contributed by atoms with van der Waals surface area (Å²) >= 11 is 4.59. The standard InChI is InChI=1S/C22H20BrN3O4S/c1-25-21(29)19(13-15-11-16(23)5-6-18(15)27)31-22(25)24-17-4-2-3-14(12-17)20(28)26-7-9-30-10-8-26/h2-6,11-13,27H,7-10H2,1H3/b19-13+,24-22?. The summed E-state index contributed by atoms with van der Waals surface area (Å²) in [6, 6.07) is 12.1. The summed E-state index contributed by atoms with van der Waals surface area (Å²) in [5.74, 6) is -0.172. The number of likely N-dealkylation sites (N-methyl/N-ethyl adjacent to an activating group) is 1. The zero-order chi connectivity index (χ0) is 22.0. The molecule has 2 heterocycles. The second kappa shape index (κ2) is 9.25. The molecule has 0 bridgehead atoms. The molecule has 0 aromatic heterocycles. The van der Waals surface area contributed by atoms with E-state index in [2.05, 4.69) is 20.9 Å². The Kier molecular flexibility index (Phi) is 6.45. The quantitative estimate of drug-likeness (QED) is 0.645. The highest BCUT2D eigenvalue weighted by molar-refractivity contribution is 9.10. The van der Waals surface area contributed by atoms with E-state index in [1.165, 1.54) is 16.7 Å². The number of phenolic OH excluding ortho intramolecular Hbond substituents is 1. The molecule has 2 aliphatic heterocycles. The van der Waals surface area contributed by atoms with Crippen molar-refractivity contribution in [3.63, 3.8) is 0 Å². The number of thioether (sulfide) groups is 1. The van der Waals surface area contributed by atoms with Crippen molar-refractivity contribution in [2.45, 2.75) is 0 Å². The predicted molar refractivity (Wildman–Crippen MR) is 124 cm³/mol. The molecule has 2 amide bonds. The Morgan fingerprint density at radius 3 is 2.77 bits per heavy atom. The Morgan fingerprint density at radius 1 is 1.23 bits per heavy atom. The number of amidine groups is 1. The van der Waals surface area contributed by atoms with E-state index in [9.17, 15) is 14.7 Å². The van der Waals surface area contributed by atoms with Crippen molar-refractivity contribution in [1.29, 1.82) is 0 Å². The van der Waals surface area contributed by atoms with Gasteiger partial charge in [0, 0.05) is 35.7 Å². The van der Waals surface area contributed by atoms with Crippen LogP contribution < -0.4 is 0 Å². The van der Waals surface area contributed by atoms with E-state index in [4.69, 9.17) is 4.74 Å². The highest BCUT2D eigenvalue weighted by atomic mass is 79.9. The number of amides is 2. The lowest BCUT2D eigenvalue weighted by molar-refractivity contribution is -0.121. The van der Waals surface area contributed by atoms with Crippen LogP contribution in [0.4, 0.5) is 5.69 Å². The number of aliphatic imine (C=N–C) groups is 1. The van der Waals surface area contributed by atoms with Gasteiger partial charge >= 0.3 is 0 Å². The lowest BCUT2D eigenvalue weighted by Gasteiger charge is -2.26. The van der Waals surface area contributed by atoms with Crippen molar-refractivity contribution in [2.24, 2.45) is 4.99 Å². The summed E-state index contributed by atoms with van der Waals surface area (Å²) in [5, 5.41) is 10.6. The van der Waals surface area contributed by atoms with Crippen molar-refractivity contribution in [1.82, 2.24) is 9.80 Å². The summed E-state index contributed by atoms with van der Waals surface area (Å²) in [6.45, 7) is 2.22. The number of phenols is 1. The third-order valence-corrected chi connectivity index (χ3v) is 6.45. The van der Waals surface area contributed by atoms with Crippen LogP contribution in [-0.4, -0.2) is 65.2 Å². The van der Waals surface area contributed by atoms with Crippen molar-refractivity contribution in [2.75, 3.05) is 33.4 Å². The summed E-state index contributed by atoms with van der Waals surface area (Å²) in [4.78, 5) is 33.7. The molecule has 0 radical (unpaired) electrons. The van der Waals surface area contributed by atoms with Gasteiger partial charge in [0.25, 0.3) is 11.8 Å². The molecule has 0 unspecified atom stereocenters. The number of halogens is 1. The van der Waals surface area contributed by atoms with Crippen LogP contribution in [0.2, 0.25) is 0 Å². The van der Waals surface area contributed by atoms with Crippen molar-refractivity contribution in [3.8, 4) is 5.75 Å². The van der Waals surface area contributed by atoms with Gasteiger partial charge in [-0.15, -0.1) is 0 Å². The molecular formula is C22H20BrN3O4S. The van der Waals surface area contributed by atoms with E-state index in [1.807, 2.05) is 0 Å². The fourth-order valence-electron chi connectivity index (χ4n) is 3.20. The van der Waals surface area contributed by atoms with Crippen LogP contribution in [0.5, 0.6) is 5.75 Å². The summed E-state index contributed by atoms with van der Waals surface area (Å²) < 4.78 is 6.11. The second-order valence-electron chi connectivity index (χ2n) is 7.03. The van der Waals surface area contributed by atoms with Gasteiger partial charge in [-0.2, -0.15) is 0 Å². The maximum Gasteiger partial charge on any atom is 0.266 e. The fraction of sp³-hybridized carbons (Fsp3) is 0.227. The van der Waals surface area contributed by atoms with E-state index >= 15 is 0 Å². The molecule has 160 valence electrons. The SMILES string of the molecule is CN1C(=O)/C(=C\c2cc(Br)ccc2O)SC1=Nc1cccc(C(=O)N2CCOCC2)c1. The van der Waals surface area contributed by atoms with E-state index in [-0.39, 0.29) is 17.6 Å². The Balaban J connectivity index is 1.58. The molecule has 0 spiro atoms. The molecule has 2 saturated heterocycles. The first-order valence-electron chi connectivity index (χ1n) is 9.64. The van der Waals surface area contributed by atoms with Gasteiger partial charge in [-0.25, -0.2) is 4.99 Å². The molecule has 0 aliphatic carbocycles. The normalized spacial score (nSPS) is 19.5. The molecule has 2 fully saturated rings. The molecule has 31 heavy (non-hydrogen) atoms. The number of hydrogen-bond donors (Lipinski definition) is 1. The fourth-order valence-corrected chi connectivity index (χ4v) is 4.56. The Morgan fingerprint density at radius 2 is 2.00 bits per heavy atom. The number of hydrogen-bond acceptors (Lipinski definition) is 6. The van der Waals surface area contributed by atoms with Crippen molar-refractivity contribution < 1.29 is 19.4 Å². The van der Waals surface area contributed by atoms with Crippen molar-refractivity contribution in [3.05, 3.63) is 63.0 Å². The van der Waals surface area contributed by atoms with E-state index in [1.54, 1.807) is 60.5 Å². The largest absolute Gasteiger partial charge is 0.507 e. The van der Waals surface area contributed by atoms with Gasteiger partial charge in [-0.05, 0) is 54.2 Å².